The molecule has 164 valence electrons. The molecule has 4 rings (SSSR count). The van der Waals surface area contributed by atoms with Gasteiger partial charge in [0, 0.05) is 13.0 Å². The third-order valence-electron chi connectivity index (χ3n) is 6.06. The number of benzene rings is 3. The monoisotopic (exact) mass is 429 g/mol. The van der Waals surface area contributed by atoms with Crippen molar-refractivity contribution in [3.8, 4) is 0 Å². The first-order valence-electron chi connectivity index (χ1n) is 10.8. The fraction of sp³-hybridized carbons (Fsp3) is 0.259. The molecule has 0 amide bonds. The summed E-state index contributed by atoms with van der Waals surface area (Å²) < 4.78 is 10.8. The number of cyclic esters (lactones) is 1. The average molecular weight is 430 g/mol. The van der Waals surface area contributed by atoms with Crippen molar-refractivity contribution in [1.29, 1.82) is 0 Å². The lowest BCUT2D eigenvalue weighted by atomic mass is 9.81. The molecule has 1 aliphatic heterocycles. The highest BCUT2D eigenvalue weighted by Gasteiger charge is 2.53. The molecule has 5 nitrogen and oxygen atoms in total. The molecule has 0 radical (unpaired) electrons. The zero-order valence-corrected chi connectivity index (χ0v) is 18.1. The first-order chi connectivity index (χ1) is 15.6. The standard InChI is InChI=1S/C27H27NO4/c1-31-25(29)18-27(17-21-11-5-2-6-12-21)26(30)32-20-24(23-15-9-4-10-16-23)28(27)19-22-13-7-3-8-14-22/h2-16,24H,17-20H2,1H3/t24-,27+/m0/s1. The van der Waals surface area contributed by atoms with Gasteiger partial charge in [-0.15, -0.1) is 0 Å². The van der Waals surface area contributed by atoms with Crippen LogP contribution in [-0.4, -0.2) is 36.1 Å². The third kappa shape index (κ3) is 4.58. The van der Waals surface area contributed by atoms with E-state index in [0.29, 0.717) is 13.0 Å². The van der Waals surface area contributed by atoms with Gasteiger partial charge in [-0.25, -0.2) is 0 Å². The SMILES string of the molecule is COC(=O)C[C@]1(Cc2ccccc2)C(=O)OC[C@@H](c2ccccc2)N1Cc1ccccc1. The largest absolute Gasteiger partial charge is 0.469 e. The Hall–Kier alpha value is -3.44. The molecule has 0 bridgehead atoms. The highest BCUT2D eigenvalue weighted by molar-refractivity contribution is 5.88. The predicted octanol–water partition coefficient (Wildman–Crippen LogP) is 4.33. The molecule has 0 aliphatic carbocycles. The van der Waals surface area contributed by atoms with Crippen molar-refractivity contribution in [2.45, 2.75) is 31.0 Å². The van der Waals surface area contributed by atoms with Gasteiger partial charge in [-0.2, -0.15) is 0 Å². The number of hydrogen-bond donors (Lipinski definition) is 0. The van der Waals surface area contributed by atoms with Gasteiger partial charge in [-0.05, 0) is 16.7 Å². The number of rotatable bonds is 7. The second-order valence-corrected chi connectivity index (χ2v) is 8.09. The van der Waals surface area contributed by atoms with E-state index in [9.17, 15) is 9.59 Å². The van der Waals surface area contributed by atoms with E-state index in [1.54, 1.807) is 0 Å². The Morgan fingerprint density at radius 2 is 1.50 bits per heavy atom. The van der Waals surface area contributed by atoms with Gasteiger partial charge in [-0.3, -0.25) is 14.5 Å². The van der Waals surface area contributed by atoms with Crippen LogP contribution in [0.1, 0.15) is 29.2 Å². The molecule has 0 N–H and O–H groups in total. The molecule has 1 aliphatic rings. The Bertz CT molecular complexity index is 1040. The van der Waals surface area contributed by atoms with Crippen LogP contribution in [-0.2, 0) is 32.0 Å². The second-order valence-electron chi connectivity index (χ2n) is 8.09. The summed E-state index contributed by atoms with van der Waals surface area (Å²) >= 11 is 0. The van der Waals surface area contributed by atoms with Crippen LogP contribution in [0.5, 0.6) is 0 Å². The number of carbonyl (C=O) groups excluding carboxylic acids is 2. The molecule has 0 aromatic heterocycles. The lowest BCUT2D eigenvalue weighted by Crippen LogP contribution is -2.62. The van der Waals surface area contributed by atoms with Crippen LogP contribution >= 0.6 is 0 Å². The van der Waals surface area contributed by atoms with Crippen molar-refractivity contribution in [2.75, 3.05) is 13.7 Å². The van der Waals surface area contributed by atoms with E-state index in [1.165, 1.54) is 7.11 Å². The molecule has 1 saturated heterocycles. The lowest BCUT2D eigenvalue weighted by molar-refractivity contribution is -0.182. The summed E-state index contributed by atoms with van der Waals surface area (Å²) in [6.45, 7) is 0.729. The van der Waals surface area contributed by atoms with Crippen molar-refractivity contribution in [3.63, 3.8) is 0 Å². The number of hydrogen-bond acceptors (Lipinski definition) is 5. The Labute approximate surface area is 188 Å². The minimum absolute atomic E-state index is 0.0899. The Kier molecular flexibility index (Phi) is 6.66. The number of nitrogens with zero attached hydrogens (tertiary/aromatic N) is 1. The van der Waals surface area contributed by atoms with E-state index in [1.807, 2.05) is 91.0 Å². The molecule has 1 fully saturated rings. The van der Waals surface area contributed by atoms with Crippen LogP contribution in [0.15, 0.2) is 91.0 Å². The summed E-state index contributed by atoms with van der Waals surface area (Å²) in [6, 6.07) is 29.5. The van der Waals surface area contributed by atoms with Gasteiger partial charge in [0.1, 0.15) is 12.1 Å². The van der Waals surface area contributed by atoms with E-state index < -0.39 is 17.5 Å². The zero-order chi connectivity index (χ0) is 22.4. The Balaban J connectivity index is 1.84. The van der Waals surface area contributed by atoms with Gasteiger partial charge in [-0.1, -0.05) is 91.0 Å². The van der Waals surface area contributed by atoms with Crippen LogP contribution < -0.4 is 0 Å². The molecule has 3 aromatic rings. The Morgan fingerprint density at radius 3 is 2.09 bits per heavy atom. The van der Waals surface area contributed by atoms with Crippen LogP contribution in [0.2, 0.25) is 0 Å². The fourth-order valence-corrected chi connectivity index (χ4v) is 4.44. The normalized spacial score (nSPS) is 21.0. The van der Waals surface area contributed by atoms with Gasteiger partial charge in [0.2, 0.25) is 0 Å². The highest BCUT2D eigenvalue weighted by atomic mass is 16.5. The lowest BCUT2D eigenvalue weighted by Gasteiger charge is -2.49. The predicted molar refractivity (Wildman–Crippen MR) is 122 cm³/mol. The highest BCUT2D eigenvalue weighted by Crippen LogP contribution is 2.40. The maximum atomic E-state index is 13.5. The summed E-state index contributed by atoms with van der Waals surface area (Å²) in [5.74, 6) is -0.834. The van der Waals surface area contributed by atoms with Crippen molar-refractivity contribution >= 4 is 11.9 Å². The quantitative estimate of drug-likeness (QED) is 0.523. The summed E-state index contributed by atoms with van der Waals surface area (Å²) in [5.41, 5.74) is 1.87. The van der Waals surface area contributed by atoms with Crippen LogP contribution in [0.4, 0.5) is 0 Å². The topological polar surface area (TPSA) is 55.8 Å². The average Bonchev–Trinajstić information content (AvgIpc) is 2.84. The second kappa shape index (κ2) is 9.79. The van der Waals surface area contributed by atoms with E-state index in [4.69, 9.17) is 9.47 Å². The number of morpholine rings is 1. The number of esters is 2. The van der Waals surface area contributed by atoms with E-state index in [-0.39, 0.29) is 19.1 Å². The van der Waals surface area contributed by atoms with E-state index in [0.717, 1.165) is 16.7 Å². The van der Waals surface area contributed by atoms with Gasteiger partial charge in [0.15, 0.2) is 0 Å². The number of methoxy groups -OCH3 is 1. The molecule has 3 aromatic carbocycles. The van der Waals surface area contributed by atoms with Crippen molar-refractivity contribution < 1.29 is 19.1 Å². The molecule has 32 heavy (non-hydrogen) atoms. The summed E-state index contributed by atoms with van der Waals surface area (Å²) in [6.07, 6.45) is 0.255. The smallest absolute Gasteiger partial charge is 0.327 e. The molecule has 0 saturated carbocycles. The molecule has 0 spiro atoms. The summed E-state index contributed by atoms with van der Waals surface area (Å²) in [7, 11) is 1.35. The van der Waals surface area contributed by atoms with Gasteiger partial charge in [0.25, 0.3) is 0 Å². The van der Waals surface area contributed by atoms with Crippen LogP contribution in [0, 0.1) is 0 Å². The van der Waals surface area contributed by atoms with Crippen LogP contribution in [0.25, 0.3) is 0 Å². The first-order valence-corrected chi connectivity index (χ1v) is 10.8. The molecule has 2 atom stereocenters. The number of ether oxygens (including phenoxy) is 2. The van der Waals surface area contributed by atoms with E-state index >= 15 is 0 Å². The zero-order valence-electron chi connectivity index (χ0n) is 18.1. The minimum atomic E-state index is -1.19. The Morgan fingerprint density at radius 1 is 0.938 bits per heavy atom. The fourth-order valence-electron chi connectivity index (χ4n) is 4.44. The molecule has 1 heterocycles. The van der Waals surface area contributed by atoms with E-state index in [2.05, 4.69) is 4.90 Å². The minimum Gasteiger partial charge on any atom is -0.469 e. The molecular formula is C27H27NO4. The van der Waals surface area contributed by atoms with Crippen molar-refractivity contribution in [2.24, 2.45) is 0 Å². The van der Waals surface area contributed by atoms with Gasteiger partial charge >= 0.3 is 11.9 Å². The van der Waals surface area contributed by atoms with Crippen molar-refractivity contribution in [1.82, 2.24) is 4.90 Å². The van der Waals surface area contributed by atoms with Gasteiger partial charge < -0.3 is 9.47 Å². The van der Waals surface area contributed by atoms with Gasteiger partial charge in [0.05, 0.1) is 19.6 Å². The third-order valence-corrected chi connectivity index (χ3v) is 6.06. The molecule has 5 heteroatoms. The molecule has 0 unspecified atom stereocenters. The summed E-state index contributed by atoms with van der Waals surface area (Å²) in [4.78, 5) is 28.2. The number of carbonyl (C=O) groups is 2. The molecular weight excluding hydrogens is 402 g/mol. The maximum Gasteiger partial charge on any atom is 0.327 e. The van der Waals surface area contributed by atoms with Crippen LogP contribution in [0.3, 0.4) is 0 Å². The first kappa shape index (κ1) is 21.8. The summed E-state index contributed by atoms with van der Waals surface area (Å²) in [5, 5.41) is 0. The van der Waals surface area contributed by atoms with Crippen molar-refractivity contribution in [3.05, 3.63) is 108 Å². The maximum absolute atomic E-state index is 13.5.